The van der Waals surface area contributed by atoms with Gasteiger partial charge < -0.3 is 25.4 Å². The monoisotopic (exact) mass is 533 g/mol. The maximum atomic E-state index is 14.8. The van der Waals surface area contributed by atoms with Crippen molar-refractivity contribution in [1.29, 1.82) is 0 Å². The predicted molar refractivity (Wildman–Crippen MR) is 145 cm³/mol. The zero-order valence-corrected chi connectivity index (χ0v) is 21.5. The number of pyridine rings is 1. The summed E-state index contributed by atoms with van der Waals surface area (Å²) in [5, 5.41) is 5.65. The van der Waals surface area contributed by atoms with E-state index in [1.807, 2.05) is 54.2 Å². The molecule has 1 amide bonds. The van der Waals surface area contributed by atoms with Gasteiger partial charge in [-0.3, -0.25) is 14.6 Å². The number of hydrogen-bond donors (Lipinski definition) is 3. The predicted octanol–water partition coefficient (Wildman–Crippen LogP) is 0.990. The fourth-order valence-electron chi connectivity index (χ4n) is 4.43. The van der Waals surface area contributed by atoms with Gasteiger partial charge in [0.15, 0.2) is 11.6 Å². The minimum absolute atomic E-state index is 0.0648. The van der Waals surface area contributed by atoms with Crippen molar-refractivity contribution in [3.05, 3.63) is 66.5 Å². The van der Waals surface area contributed by atoms with Gasteiger partial charge in [0, 0.05) is 58.9 Å². The zero-order valence-electron chi connectivity index (χ0n) is 21.5. The molecule has 1 aromatic carbocycles. The second-order valence-electron chi connectivity index (χ2n) is 9.09. The van der Waals surface area contributed by atoms with Crippen LogP contribution in [0.3, 0.4) is 0 Å². The number of aromatic nitrogens is 5. The van der Waals surface area contributed by atoms with E-state index in [2.05, 4.69) is 20.1 Å². The Balaban J connectivity index is 1.35. The van der Waals surface area contributed by atoms with Crippen molar-refractivity contribution in [3.63, 3.8) is 0 Å². The number of carbonyl (C=O) groups excluding carboxylic acids is 2. The first kappa shape index (κ1) is 25.7. The van der Waals surface area contributed by atoms with E-state index in [1.165, 1.54) is 23.5 Å². The van der Waals surface area contributed by atoms with Crippen molar-refractivity contribution < 1.29 is 14.0 Å². The minimum atomic E-state index is -0.828. The molecule has 0 unspecified atom stereocenters. The highest BCUT2D eigenvalue weighted by atomic mass is 19.1. The average Bonchev–Trinajstić information content (AvgIpc) is 3.60. The molecule has 4 heterocycles. The van der Waals surface area contributed by atoms with E-state index in [4.69, 9.17) is 11.6 Å². The van der Waals surface area contributed by atoms with Crippen LogP contribution in [0.1, 0.15) is 10.4 Å². The number of carbonyl (C=O) groups is 2. The van der Waals surface area contributed by atoms with Crippen LogP contribution in [0.4, 0.5) is 22.1 Å². The maximum Gasteiger partial charge on any atom is 0.295 e. The SMILES string of the molecule is CN(C)c1nc(N2CCN(C(=O)C(=O)c3c[nH]c4c(N(N)/C=C\N)ncc(F)c34)CC2)n(-c2ccccc2)n1. The van der Waals surface area contributed by atoms with Gasteiger partial charge >= 0.3 is 0 Å². The summed E-state index contributed by atoms with van der Waals surface area (Å²) in [6, 6.07) is 9.64. The van der Waals surface area contributed by atoms with E-state index >= 15 is 0 Å². The molecular formula is C25H28FN11O2. The Bertz CT molecular complexity index is 1540. The van der Waals surface area contributed by atoms with Crippen LogP contribution in [-0.4, -0.2) is 81.6 Å². The number of rotatable bonds is 7. The quantitative estimate of drug-likeness (QED) is 0.135. The number of H-pyrrole nitrogens is 1. The van der Waals surface area contributed by atoms with Gasteiger partial charge in [0.2, 0.25) is 11.9 Å². The number of halogens is 1. The van der Waals surface area contributed by atoms with E-state index in [0.717, 1.165) is 16.9 Å². The number of hydrazine groups is 1. The van der Waals surface area contributed by atoms with Gasteiger partial charge in [0.25, 0.3) is 11.7 Å². The van der Waals surface area contributed by atoms with Crippen molar-refractivity contribution >= 4 is 40.3 Å². The van der Waals surface area contributed by atoms with Gasteiger partial charge in [-0.25, -0.2) is 15.2 Å². The third-order valence-corrected chi connectivity index (χ3v) is 6.40. The summed E-state index contributed by atoms with van der Waals surface area (Å²) in [6.45, 7) is 1.42. The normalized spacial score (nSPS) is 13.8. The number of nitrogens with one attached hydrogen (secondary N) is 1. The molecular weight excluding hydrogens is 505 g/mol. The molecule has 1 aliphatic heterocycles. The molecule has 5 rings (SSSR count). The number of Topliss-reactive ketones (excluding diaryl/α,β-unsaturated/α-hetero) is 1. The molecule has 39 heavy (non-hydrogen) atoms. The fourth-order valence-corrected chi connectivity index (χ4v) is 4.43. The molecule has 4 aromatic rings. The van der Waals surface area contributed by atoms with E-state index in [9.17, 15) is 14.0 Å². The van der Waals surface area contributed by atoms with Crippen molar-refractivity contribution in [2.24, 2.45) is 11.6 Å². The lowest BCUT2D eigenvalue weighted by atomic mass is 10.1. The summed E-state index contributed by atoms with van der Waals surface area (Å²) in [7, 11) is 3.73. The van der Waals surface area contributed by atoms with Crippen LogP contribution in [0, 0.1) is 5.82 Å². The summed E-state index contributed by atoms with van der Waals surface area (Å²) < 4.78 is 16.5. The number of fused-ring (bicyclic) bond motifs is 1. The number of piperazine rings is 1. The summed E-state index contributed by atoms with van der Waals surface area (Å²) in [5.41, 5.74) is 6.32. The highest BCUT2D eigenvalue weighted by molar-refractivity contribution is 6.45. The molecule has 0 spiro atoms. The number of aromatic amines is 1. The molecule has 13 nitrogen and oxygen atoms in total. The fraction of sp³-hybridized carbons (Fsp3) is 0.240. The first-order valence-electron chi connectivity index (χ1n) is 12.2. The molecule has 1 aliphatic rings. The Kier molecular flexibility index (Phi) is 6.85. The average molecular weight is 534 g/mol. The minimum Gasteiger partial charge on any atom is -0.403 e. The molecule has 0 aliphatic carbocycles. The molecule has 14 heteroatoms. The standard InChI is InChI=1S/C25H28FN11O2/c1-33(2)24-31-25(37(32-24)16-6-4-3-5-7-16)35-12-10-34(11-13-35)23(39)21(38)17-14-29-20-19(17)18(26)15-30-22(20)36(28)9-8-27/h3-9,14-15,29H,10-13,27-28H2,1-2H3/b9-8-. The van der Waals surface area contributed by atoms with Crippen molar-refractivity contribution in [1.82, 2.24) is 29.6 Å². The Morgan fingerprint density at radius 2 is 1.85 bits per heavy atom. The number of benzene rings is 1. The van der Waals surface area contributed by atoms with Crippen LogP contribution in [0.2, 0.25) is 0 Å². The van der Waals surface area contributed by atoms with E-state index in [-0.39, 0.29) is 35.4 Å². The largest absolute Gasteiger partial charge is 0.403 e. The lowest BCUT2D eigenvalue weighted by molar-refractivity contribution is -0.126. The zero-order chi connectivity index (χ0) is 27.7. The Hall–Kier alpha value is -4.98. The first-order valence-corrected chi connectivity index (χ1v) is 12.2. The second kappa shape index (κ2) is 10.4. The van der Waals surface area contributed by atoms with E-state index in [1.54, 1.807) is 4.68 Å². The smallest absolute Gasteiger partial charge is 0.295 e. The summed E-state index contributed by atoms with van der Waals surface area (Å²) >= 11 is 0. The van der Waals surface area contributed by atoms with Gasteiger partial charge in [-0.2, -0.15) is 9.67 Å². The van der Waals surface area contributed by atoms with Crippen LogP contribution >= 0.6 is 0 Å². The molecule has 0 atom stereocenters. The Labute approximate surface area is 223 Å². The van der Waals surface area contributed by atoms with Crippen LogP contribution in [0.15, 0.2) is 55.1 Å². The van der Waals surface area contributed by atoms with E-state index < -0.39 is 17.5 Å². The first-order chi connectivity index (χ1) is 18.8. The Morgan fingerprint density at radius 1 is 1.13 bits per heavy atom. The van der Waals surface area contributed by atoms with Crippen LogP contribution in [0.5, 0.6) is 0 Å². The third kappa shape index (κ3) is 4.72. The number of nitrogens with zero attached hydrogens (tertiary/aromatic N) is 8. The van der Waals surface area contributed by atoms with Crippen LogP contribution in [-0.2, 0) is 4.79 Å². The summed E-state index contributed by atoms with van der Waals surface area (Å²) in [6.07, 6.45) is 4.76. The summed E-state index contributed by atoms with van der Waals surface area (Å²) in [5.74, 6) is 4.93. The van der Waals surface area contributed by atoms with E-state index in [0.29, 0.717) is 25.0 Å². The maximum absolute atomic E-state index is 14.8. The number of anilines is 3. The lowest BCUT2D eigenvalue weighted by Crippen LogP contribution is -2.51. The summed E-state index contributed by atoms with van der Waals surface area (Å²) in [4.78, 5) is 43.2. The van der Waals surface area contributed by atoms with Gasteiger partial charge in [-0.1, -0.05) is 18.2 Å². The number of hydrogen-bond acceptors (Lipinski definition) is 10. The Morgan fingerprint density at radius 3 is 2.51 bits per heavy atom. The van der Waals surface area contributed by atoms with Gasteiger partial charge in [-0.05, 0) is 12.1 Å². The molecule has 0 radical (unpaired) electrons. The number of nitrogens with two attached hydrogens (primary N) is 2. The molecule has 202 valence electrons. The topological polar surface area (TPSA) is 159 Å². The molecule has 5 N–H and O–H groups in total. The second-order valence-corrected chi connectivity index (χ2v) is 9.09. The van der Waals surface area contributed by atoms with Crippen molar-refractivity contribution in [2.75, 3.05) is 55.1 Å². The molecule has 0 bridgehead atoms. The highest BCUT2D eigenvalue weighted by Crippen LogP contribution is 2.29. The van der Waals surface area contributed by atoms with Gasteiger partial charge in [0.1, 0.15) is 0 Å². The molecule has 1 saturated heterocycles. The third-order valence-electron chi connectivity index (χ3n) is 6.40. The van der Waals surface area contributed by atoms with Crippen molar-refractivity contribution in [2.45, 2.75) is 0 Å². The van der Waals surface area contributed by atoms with Crippen molar-refractivity contribution in [3.8, 4) is 5.69 Å². The van der Waals surface area contributed by atoms with Gasteiger partial charge in [0.05, 0.1) is 28.4 Å². The van der Waals surface area contributed by atoms with Crippen LogP contribution < -0.4 is 26.4 Å². The number of para-hydroxylation sites is 1. The highest BCUT2D eigenvalue weighted by Gasteiger charge is 2.31. The molecule has 3 aromatic heterocycles. The van der Waals surface area contributed by atoms with Gasteiger partial charge in [-0.15, -0.1) is 5.10 Å². The number of amides is 1. The van der Waals surface area contributed by atoms with Crippen LogP contribution in [0.25, 0.3) is 16.6 Å². The molecule has 0 saturated carbocycles. The number of ketones is 1. The molecule has 1 fully saturated rings. The lowest BCUT2D eigenvalue weighted by Gasteiger charge is -2.34.